The van der Waals surface area contributed by atoms with Crippen molar-refractivity contribution in [2.24, 2.45) is 5.92 Å². The van der Waals surface area contributed by atoms with Crippen molar-refractivity contribution in [3.8, 4) is 0 Å². The molecule has 2 aliphatic rings. The fourth-order valence-electron chi connectivity index (χ4n) is 3.19. The minimum absolute atomic E-state index is 0.0384. The van der Waals surface area contributed by atoms with Gasteiger partial charge in [0.1, 0.15) is 0 Å². The van der Waals surface area contributed by atoms with Gasteiger partial charge in [-0.25, -0.2) is 4.79 Å². The highest BCUT2D eigenvalue weighted by atomic mass is 16.6. The lowest BCUT2D eigenvalue weighted by Gasteiger charge is -2.37. The second-order valence-electron chi connectivity index (χ2n) is 7.37. The van der Waals surface area contributed by atoms with Gasteiger partial charge in [-0.05, 0) is 43.7 Å². The largest absolute Gasteiger partial charge is 0.445 e. The monoisotopic (exact) mass is 315 g/mol. The zero-order valence-corrected chi connectivity index (χ0v) is 14.2. The van der Waals surface area contributed by atoms with Crippen molar-refractivity contribution in [3.63, 3.8) is 0 Å². The number of carbonyl (C=O) groups excluding carboxylic acids is 2. The Kier molecular flexibility index (Phi) is 4.17. The zero-order valence-electron chi connectivity index (χ0n) is 14.2. The van der Waals surface area contributed by atoms with E-state index in [9.17, 15) is 9.59 Å². The molecular weight excluding hydrogens is 290 g/mol. The predicted octanol–water partition coefficient (Wildman–Crippen LogP) is 3.20. The summed E-state index contributed by atoms with van der Waals surface area (Å²) in [4.78, 5) is 27.4. The van der Waals surface area contributed by atoms with Gasteiger partial charge < -0.3 is 9.64 Å². The lowest BCUT2D eigenvalue weighted by molar-refractivity contribution is -0.152. The number of cyclic esters (lactones) is 1. The highest BCUT2D eigenvalue weighted by Gasteiger charge is 2.47. The van der Waals surface area contributed by atoms with Crippen molar-refractivity contribution in [1.82, 2.24) is 4.90 Å². The molecule has 1 saturated carbocycles. The van der Waals surface area contributed by atoms with Crippen LogP contribution in [0.25, 0.3) is 0 Å². The fourth-order valence-corrected chi connectivity index (χ4v) is 3.19. The minimum Gasteiger partial charge on any atom is -0.445 e. The summed E-state index contributed by atoms with van der Waals surface area (Å²) in [7, 11) is 0. The Balaban J connectivity index is 1.81. The Bertz CT molecular complexity index is 621. The Labute approximate surface area is 137 Å². The summed E-state index contributed by atoms with van der Waals surface area (Å²) in [5, 5.41) is 0. The number of hydrogen-bond donors (Lipinski definition) is 0. The number of hydrogen-bond acceptors (Lipinski definition) is 3. The molecule has 1 aromatic carbocycles. The average molecular weight is 315 g/mol. The second-order valence-corrected chi connectivity index (χ2v) is 7.37. The van der Waals surface area contributed by atoms with Crippen LogP contribution in [-0.4, -0.2) is 35.0 Å². The first-order valence-electron chi connectivity index (χ1n) is 8.53. The van der Waals surface area contributed by atoms with Gasteiger partial charge in [0.05, 0.1) is 5.56 Å². The van der Waals surface area contributed by atoms with E-state index in [-0.39, 0.29) is 11.9 Å². The first-order valence-corrected chi connectivity index (χ1v) is 8.53. The van der Waals surface area contributed by atoms with E-state index in [0.717, 1.165) is 31.4 Å². The summed E-state index contributed by atoms with van der Waals surface area (Å²) in [5.74, 6) is 0.122. The Hall–Kier alpha value is -1.84. The molecule has 124 valence electrons. The molecule has 1 aromatic rings. The maximum absolute atomic E-state index is 13.1. The lowest BCUT2D eigenvalue weighted by Crippen LogP contribution is -2.54. The second kappa shape index (κ2) is 5.99. The SMILES string of the molecule is CC(C)CCN(C(=O)C1(C)Cc2ccccc2C(=O)O1)C1CC1. The highest BCUT2D eigenvalue weighted by molar-refractivity contribution is 5.97. The van der Waals surface area contributed by atoms with E-state index in [4.69, 9.17) is 4.74 Å². The van der Waals surface area contributed by atoms with Gasteiger partial charge in [-0.15, -0.1) is 0 Å². The van der Waals surface area contributed by atoms with Gasteiger partial charge in [0, 0.05) is 19.0 Å². The number of rotatable bonds is 5. The Morgan fingerprint density at radius 1 is 1.35 bits per heavy atom. The maximum Gasteiger partial charge on any atom is 0.339 e. The van der Waals surface area contributed by atoms with E-state index in [1.807, 2.05) is 23.1 Å². The number of amides is 1. The number of ether oxygens (including phenoxy) is 1. The molecule has 23 heavy (non-hydrogen) atoms. The highest BCUT2D eigenvalue weighted by Crippen LogP contribution is 2.34. The van der Waals surface area contributed by atoms with Crippen LogP contribution < -0.4 is 0 Å². The van der Waals surface area contributed by atoms with E-state index < -0.39 is 5.60 Å². The van der Waals surface area contributed by atoms with Crippen LogP contribution in [-0.2, 0) is 16.0 Å². The normalized spacial score (nSPS) is 23.4. The van der Waals surface area contributed by atoms with E-state index in [2.05, 4.69) is 13.8 Å². The van der Waals surface area contributed by atoms with Gasteiger partial charge in [-0.2, -0.15) is 0 Å². The van der Waals surface area contributed by atoms with E-state index in [0.29, 0.717) is 23.9 Å². The van der Waals surface area contributed by atoms with E-state index >= 15 is 0 Å². The summed E-state index contributed by atoms with van der Waals surface area (Å²) in [6.45, 7) is 6.83. The van der Waals surface area contributed by atoms with Gasteiger partial charge in [0.15, 0.2) is 5.60 Å². The molecule has 1 aliphatic heterocycles. The van der Waals surface area contributed by atoms with Gasteiger partial charge in [-0.3, -0.25) is 4.79 Å². The molecule has 0 saturated heterocycles. The molecule has 0 radical (unpaired) electrons. The van der Waals surface area contributed by atoms with Crippen LogP contribution in [0, 0.1) is 5.92 Å². The molecule has 1 fully saturated rings. The smallest absolute Gasteiger partial charge is 0.339 e. The summed E-state index contributed by atoms with van der Waals surface area (Å²) >= 11 is 0. The van der Waals surface area contributed by atoms with E-state index in [1.165, 1.54) is 0 Å². The quantitative estimate of drug-likeness (QED) is 0.784. The molecular formula is C19H25NO3. The molecule has 1 heterocycles. The summed E-state index contributed by atoms with van der Waals surface area (Å²) in [6.07, 6.45) is 3.55. The van der Waals surface area contributed by atoms with Crippen LogP contribution in [0.15, 0.2) is 24.3 Å². The van der Waals surface area contributed by atoms with Crippen LogP contribution >= 0.6 is 0 Å². The number of nitrogens with zero attached hydrogens (tertiary/aromatic N) is 1. The molecule has 1 amide bonds. The molecule has 0 N–H and O–H groups in total. The third-order valence-electron chi connectivity index (χ3n) is 4.73. The molecule has 0 spiro atoms. The van der Waals surface area contributed by atoms with Gasteiger partial charge >= 0.3 is 5.97 Å². The van der Waals surface area contributed by atoms with Crippen molar-refractivity contribution in [1.29, 1.82) is 0 Å². The van der Waals surface area contributed by atoms with Crippen LogP contribution in [0.3, 0.4) is 0 Å². The van der Waals surface area contributed by atoms with Crippen LogP contribution in [0.1, 0.15) is 56.0 Å². The van der Waals surface area contributed by atoms with Crippen LogP contribution in [0.4, 0.5) is 0 Å². The molecule has 4 heteroatoms. The van der Waals surface area contributed by atoms with Crippen molar-refractivity contribution in [2.75, 3.05) is 6.54 Å². The number of carbonyl (C=O) groups is 2. The van der Waals surface area contributed by atoms with Gasteiger partial charge in [0.2, 0.25) is 0 Å². The first-order chi connectivity index (χ1) is 10.9. The van der Waals surface area contributed by atoms with Gasteiger partial charge in [0.25, 0.3) is 5.91 Å². The zero-order chi connectivity index (χ0) is 16.6. The molecule has 1 aliphatic carbocycles. The van der Waals surface area contributed by atoms with Crippen molar-refractivity contribution >= 4 is 11.9 Å². The number of esters is 1. The third-order valence-corrected chi connectivity index (χ3v) is 4.73. The number of fused-ring (bicyclic) bond motifs is 1. The maximum atomic E-state index is 13.1. The third kappa shape index (κ3) is 3.26. The average Bonchev–Trinajstić information content (AvgIpc) is 3.31. The molecule has 0 aromatic heterocycles. The van der Waals surface area contributed by atoms with Crippen molar-refractivity contribution < 1.29 is 14.3 Å². The Morgan fingerprint density at radius 3 is 2.70 bits per heavy atom. The molecule has 0 bridgehead atoms. The minimum atomic E-state index is -1.08. The molecule has 3 rings (SSSR count). The van der Waals surface area contributed by atoms with E-state index in [1.54, 1.807) is 13.0 Å². The summed E-state index contributed by atoms with van der Waals surface area (Å²) in [5.41, 5.74) is 0.405. The summed E-state index contributed by atoms with van der Waals surface area (Å²) in [6, 6.07) is 7.73. The molecule has 1 atom stereocenters. The number of benzene rings is 1. The topological polar surface area (TPSA) is 46.6 Å². The summed E-state index contributed by atoms with van der Waals surface area (Å²) < 4.78 is 5.60. The fraction of sp³-hybridized carbons (Fsp3) is 0.579. The molecule has 1 unspecified atom stereocenters. The van der Waals surface area contributed by atoms with Gasteiger partial charge in [-0.1, -0.05) is 32.0 Å². The van der Waals surface area contributed by atoms with Crippen molar-refractivity contribution in [2.45, 2.75) is 58.1 Å². The van der Waals surface area contributed by atoms with Crippen LogP contribution in [0.2, 0.25) is 0 Å². The van der Waals surface area contributed by atoms with Crippen molar-refractivity contribution in [3.05, 3.63) is 35.4 Å². The Morgan fingerprint density at radius 2 is 2.04 bits per heavy atom. The molecule has 4 nitrogen and oxygen atoms in total. The standard InChI is InChI=1S/C19H25NO3/c1-13(2)10-11-20(15-8-9-15)18(22)19(3)12-14-6-4-5-7-16(14)17(21)23-19/h4-7,13,15H,8-12H2,1-3H3. The predicted molar refractivity (Wildman–Crippen MR) is 88.2 cm³/mol. The lowest BCUT2D eigenvalue weighted by atomic mass is 9.88. The van der Waals surface area contributed by atoms with Crippen LogP contribution in [0.5, 0.6) is 0 Å². The first kappa shape index (κ1) is 16.0.